The van der Waals surface area contributed by atoms with Crippen LogP contribution in [0.2, 0.25) is 0 Å². The lowest BCUT2D eigenvalue weighted by molar-refractivity contribution is 0.386. The van der Waals surface area contributed by atoms with Crippen LogP contribution < -0.4 is 5.73 Å². The number of unbranched alkanes of at least 4 members (excludes halogenated alkanes) is 1. The van der Waals surface area contributed by atoms with Gasteiger partial charge in [0, 0.05) is 18.8 Å². The van der Waals surface area contributed by atoms with Gasteiger partial charge in [-0.1, -0.05) is 0 Å². The molecule has 86 valence electrons. The maximum absolute atomic E-state index is 5.84. The Morgan fingerprint density at radius 3 is 2.80 bits per heavy atom. The number of imidazole rings is 1. The Kier molecular flexibility index (Phi) is 4.78. The molecule has 0 radical (unpaired) electrons. The average Bonchev–Trinajstić information content (AvgIpc) is 2.60. The van der Waals surface area contributed by atoms with Crippen LogP contribution in [0.25, 0.3) is 0 Å². The van der Waals surface area contributed by atoms with Crippen molar-refractivity contribution in [3.05, 3.63) is 18.2 Å². The molecule has 0 aliphatic rings. The Morgan fingerprint density at radius 1 is 1.47 bits per heavy atom. The largest absolute Gasteiger partial charge is 0.333 e. The molecule has 0 spiro atoms. The second-order valence-electron chi connectivity index (χ2n) is 4.31. The van der Waals surface area contributed by atoms with Crippen molar-refractivity contribution < 1.29 is 0 Å². The fourth-order valence-electron chi connectivity index (χ4n) is 1.61. The molecule has 1 unspecified atom stereocenters. The third kappa shape index (κ3) is 4.01. The van der Waals surface area contributed by atoms with Crippen LogP contribution >= 0.6 is 0 Å². The molecule has 2 N–H and O–H groups in total. The molecule has 15 heavy (non-hydrogen) atoms. The minimum Gasteiger partial charge on any atom is -0.333 e. The van der Waals surface area contributed by atoms with Crippen molar-refractivity contribution in [2.24, 2.45) is 5.73 Å². The van der Waals surface area contributed by atoms with Crippen molar-refractivity contribution in [3.8, 4) is 0 Å². The number of hydrogen-bond donors (Lipinski definition) is 1. The molecule has 1 aromatic rings. The van der Waals surface area contributed by atoms with Crippen LogP contribution in [-0.4, -0.2) is 35.1 Å². The summed E-state index contributed by atoms with van der Waals surface area (Å²) in [6, 6.07) is 0.0707. The summed E-state index contributed by atoms with van der Waals surface area (Å²) in [5.41, 5.74) is 6.97. The summed E-state index contributed by atoms with van der Waals surface area (Å²) in [4.78, 5) is 6.34. The topological polar surface area (TPSA) is 47.1 Å². The van der Waals surface area contributed by atoms with Gasteiger partial charge >= 0.3 is 0 Å². The van der Waals surface area contributed by atoms with Gasteiger partial charge in [-0.2, -0.15) is 0 Å². The summed E-state index contributed by atoms with van der Waals surface area (Å²) >= 11 is 0. The van der Waals surface area contributed by atoms with Crippen LogP contribution in [-0.2, 0) is 6.54 Å². The lowest BCUT2D eigenvalue weighted by Gasteiger charge is -2.12. The van der Waals surface area contributed by atoms with E-state index in [1.165, 1.54) is 12.8 Å². The monoisotopic (exact) mass is 210 g/mol. The molecule has 0 aromatic carbocycles. The minimum atomic E-state index is 0.0707. The fourth-order valence-corrected chi connectivity index (χ4v) is 1.61. The van der Waals surface area contributed by atoms with Crippen molar-refractivity contribution in [3.63, 3.8) is 0 Å². The second kappa shape index (κ2) is 5.88. The van der Waals surface area contributed by atoms with Gasteiger partial charge in [0.15, 0.2) is 0 Å². The molecule has 1 heterocycles. The molecule has 0 amide bonds. The Bertz CT molecular complexity index is 278. The molecule has 1 aromatic heterocycles. The lowest BCUT2D eigenvalue weighted by Crippen LogP contribution is -2.15. The van der Waals surface area contributed by atoms with Crippen molar-refractivity contribution in [1.82, 2.24) is 14.5 Å². The van der Waals surface area contributed by atoms with Crippen LogP contribution in [0.1, 0.15) is 31.5 Å². The molecule has 4 nitrogen and oxygen atoms in total. The summed E-state index contributed by atoms with van der Waals surface area (Å²) in [5, 5.41) is 0. The molecular formula is C11H22N4. The fraction of sp³-hybridized carbons (Fsp3) is 0.727. The molecule has 0 saturated heterocycles. The highest BCUT2D eigenvalue weighted by Crippen LogP contribution is 2.09. The van der Waals surface area contributed by atoms with E-state index in [1.54, 1.807) is 0 Å². The zero-order valence-corrected chi connectivity index (χ0v) is 9.98. The molecule has 0 saturated carbocycles. The van der Waals surface area contributed by atoms with Crippen molar-refractivity contribution in [1.29, 1.82) is 0 Å². The molecule has 0 aliphatic carbocycles. The Hall–Kier alpha value is -0.870. The Morgan fingerprint density at radius 2 is 2.20 bits per heavy atom. The average molecular weight is 210 g/mol. The van der Waals surface area contributed by atoms with Gasteiger partial charge in [0.25, 0.3) is 0 Å². The molecule has 4 heteroatoms. The number of nitrogens with two attached hydrogens (primary N) is 1. The van der Waals surface area contributed by atoms with Gasteiger partial charge in [-0.25, -0.2) is 4.98 Å². The lowest BCUT2D eigenvalue weighted by atomic mass is 10.2. The quantitative estimate of drug-likeness (QED) is 0.719. The highest BCUT2D eigenvalue weighted by Gasteiger charge is 2.05. The van der Waals surface area contributed by atoms with Crippen LogP contribution in [0, 0.1) is 0 Å². The highest BCUT2D eigenvalue weighted by atomic mass is 15.1. The van der Waals surface area contributed by atoms with Crippen molar-refractivity contribution in [2.45, 2.75) is 32.4 Å². The van der Waals surface area contributed by atoms with Crippen molar-refractivity contribution in [2.75, 3.05) is 20.6 Å². The summed E-state index contributed by atoms with van der Waals surface area (Å²) < 4.78 is 2.15. The molecule has 0 fully saturated rings. The van der Waals surface area contributed by atoms with Crippen LogP contribution in [0.4, 0.5) is 0 Å². The van der Waals surface area contributed by atoms with Gasteiger partial charge in [-0.3, -0.25) is 0 Å². The van der Waals surface area contributed by atoms with E-state index in [9.17, 15) is 0 Å². The zero-order chi connectivity index (χ0) is 11.3. The molecule has 1 atom stereocenters. The predicted molar refractivity (Wildman–Crippen MR) is 62.6 cm³/mol. The minimum absolute atomic E-state index is 0.0707. The maximum atomic E-state index is 5.84. The van der Waals surface area contributed by atoms with E-state index < -0.39 is 0 Å². The van der Waals surface area contributed by atoms with E-state index in [2.05, 4.69) is 28.5 Å². The normalized spacial score (nSPS) is 13.4. The standard InChI is InChI=1S/C11H22N4/c1-10(12)11-8-13-9-15(11)7-5-4-6-14(2)3/h8-10H,4-7,12H2,1-3H3. The third-order valence-electron chi connectivity index (χ3n) is 2.47. The number of aryl methyl sites for hydroxylation is 1. The van der Waals surface area contributed by atoms with Gasteiger partial charge in [0.1, 0.15) is 0 Å². The van der Waals surface area contributed by atoms with E-state index in [1.807, 2.05) is 19.4 Å². The first-order valence-corrected chi connectivity index (χ1v) is 5.51. The van der Waals surface area contributed by atoms with E-state index in [4.69, 9.17) is 5.73 Å². The number of aromatic nitrogens is 2. The third-order valence-corrected chi connectivity index (χ3v) is 2.47. The molecule has 0 bridgehead atoms. The van der Waals surface area contributed by atoms with E-state index in [-0.39, 0.29) is 6.04 Å². The second-order valence-corrected chi connectivity index (χ2v) is 4.31. The van der Waals surface area contributed by atoms with Crippen LogP contribution in [0.5, 0.6) is 0 Å². The number of hydrogen-bond acceptors (Lipinski definition) is 3. The number of nitrogens with zero attached hydrogens (tertiary/aromatic N) is 3. The van der Waals surface area contributed by atoms with Gasteiger partial charge in [0.2, 0.25) is 0 Å². The van der Waals surface area contributed by atoms with Gasteiger partial charge in [0.05, 0.1) is 12.0 Å². The summed E-state index contributed by atoms with van der Waals surface area (Å²) in [6.07, 6.45) is 6.11. The molecular weight excluding hydrogens is 188 g/mol. The highest BCUT2D eigenvalue weighted by molar-refractivity contribution is 5.02. The maximum Gasteiger partial charge on any atom is 0.0948 e. The smallest absolute Gasteiger partial charge is 0.0948 e. The van der Waals surface area contributed by atoms with Gasteiger partial charge < -0.3 is 15.2 Å². The Balaban J connectivity index is 2.34. The summed E-state index contributed by atoms with van der Waals surface area (Å²) in [7, 11) is 4.20. The van der Waals surface area contributed by atoms with E-state index in [0.29, 0.717) is 0 Å². The first kappa shape index (κ1) is 12.2. The van der Waals surface area contributed by atoms with Gasteiger partial charge in [-0.05, 0) is 40.4 Å². The van der Waals surface area contributed by atoms with Crippen LogP contribution in [0.15, 0.2) is 12.5 Å². The van der Waals surface area contributed by atoms with Gasteiger partial charge in [-0.15, -0.1) is 0 Å². The SMILES string of the molecule is CC(N)c1cncn1CCCCN(C)C. The van der Waals surface area contributed by atoms with Crippen LogP contribution in [0.3, 0.4) is 0 Å². The van der Waals surface area contributed by atoms with Crippen molar-refractivity contribution >= 4 is 0 Å². The Labute approximate surface area is 92.1 Å². The number of rotatable bonds is 6. The molecule has 1 rings (SSSR count). The predicted octanol–water partition coefficient (Wildman–Crippen LogP) is 1.24. The first-order valence-electron chi connectivity index (χ1n) is 5.51. The van der Waals surface area contributed by atoms with E-state index >= 15 is 0 Å². The summed E-state index contributed by atoms with van der Waals surface area (Å²) in [5.74, 6) is 0. The summed E-state index contributed by atoms with van der Waals surface area (Å²) in [6.45, 7) is 4.15. The van der Waals surface area contributed by atoms with E-state index in [0.717, 1.165) is 18.8 Å². The zero-order valence-electron chi connectivity index (χ0n) is 9.98. The first-order chi connectivity index (χ1) is 7.11. The molecule has 0 aliphatic heterocycles.